The standard InChI is InChI=1S/C16H20N4O4S/c1-12-11-15(21)18-16(17-12)19-7-9-20(10-8-19)25(22,23)14-5-3-13(24-2)4-6-14/h3-6,11H,7-10H2,1-2H3,(H,17,18,21). The van der Waals surface area contributed by atoms with Gasteiger partial charge in [0.2, 0.25) is 16.0 Å². The van der Waals surface area contributed by atoms with Crippen LogP contribution in [0.5, 0.6) is 5.75 Å². The van der Waals surface area contributed by atoms with Gasteiger partial charge in [-0.05, 0) is 31.2 Å². The first-order valence-corrected chi connectivity index (χ1v) is 9.31. The van der Waals surface area contributed by atoms with Crippen LogP contribution in [0.15, 0.2) is 40.0 Å². The molecule has 134 valence electrons. The molecule has 0 aliphatic carbocycles. The first kappa shape index (κ1) is 17.4. The summed E-state index contributed by atoms with van der Waals surface area (Å²) in [5.74, 6) is 1.09. The molecule has 0 unspecified atom stereocenters. The molecule has 9 heteroatoms. The molecule has 0 amide bonds. The summed E-state index contributed by atoms with van der Waals surface area (Å²) in [5, 5.41) is 0. The highest BCUT2D eigenvalue weighted by molar-refractivity contribution is 7.89. The lowest BCUT2D eigenvalue weighted by Gasteiger charge is -2.34. The van der Waals surface area contributed by atoms with Crippen LogP contribution in [0.2, 0.25) is 0 Å². The Kier molecular flexibility index (Phi) is 4.78. The molecule has 1 aliphatic rings. The second kappa shape index (κ2) is 6.85. The van der Waals surface area contributed by atoms with E-state index >= 15 is 0 Å². The van der Waals surface area contributed by atoms with Gasteiger partial charge in [0.1, 0.15) is 5.75 Å². The average molecular weight is 364 g/mol. The summed E-state index contributed by atoms with van der Waals surface area (Å²) in [5.41, 5.74) is 0.419. The number of sulfonamides is 1. The molecule has 0 atom stereocenters. The molecular formula is C16H20N4O4S. The predicted octanol–water partition coefficient (Wildman–Crippen LogP) is 0.598. The van der Waals surface area contributed by atoms with Crippen molar-refractivity contribution in [2.45, 2.75) is 11.8 Å². The van der Waals surface area contributed by atoms with Crippen molar-refractivity contribution in [3.05, 3.63) is 46.4 Å². The van der Waals surface area contributed by atoms with E-state index in [4.69, 9.17) is 4.74 Å². The van der Waals surface area contributed by atoms with Gasteiger partial charge in [-0.3, -0.25) is 9.78 Å². The predicted molar refractivity (Wildman–Crippen MR) is 93.6 cm³/mol. The van der Waals surface area contributed by atoms with Crippen molar-refractivity contribution in [1.29, 1.82) is 0 Å². The smallest absolute Gasteiger partial charge is 0.252 e. The first-order valence-electron chi connectivity index (χ1n) is 7.87. The molecule has 25 heavy (non-hydrogen) atoms. The molecule has 0 saturated carbocycles. The van der Waals surface area contributed by atoms with E-state index in [9.17, 15) is 13.2 Å². The van der Waals surface area contributed by atoms with Crippen LogP contribution in [0.4, 0.5) is 5.95 Å². The summed E-state index contributed by atoms with van der Waals surface area (Å²) in [7, 11) is -2.02. The van der Waals surface area contributed by atoms with E-state index in [-0.39, 0.29) is 10.5 Å². The van der Waals surface area contributed by atoms with Crippen molar-refractivity contribution in [2.75, 3.05) is 38.2 Å². The van der Waals surface area contributed by atoms with E-state index in [0.717, 1.165) is 0 Å². The van der Waals surface area contributed by atoms with Crippen molar-refractivity contribution in [2.24, 2.45) is 0 Å². The van der Waals surface area contributed by atoms with Crippen LogP contribution < -0.4 is 15.2 Å². The molecule has 1 saturated heterocycles. The van der Waals surface area contributed by atoms with Gasteiger partial charge in [0.05, 0.1) is 12.0 Å². The van der Waals surface area contributed by atoms with Crippen LogP contribution in [0.3, 0.4) is 0 Å². The number of nitrogens with zero attached hydrogens (tertiary/aromatic N) is 3. The third-order valence-corrected chi connectivity index (χ3v) is 6.01. The monoisotopic (exact) mass is 364 g/mol. The van der Waals surface area contributed by atoms with Crippen molar-refractivity contribution in [3.63, 3.8) is 0 Å². The van der Waals surface area contributed by atoms with Crippen LogP contribution in [0.25, 0.3) is 0 Å². The zero-order valence-corrected chi connectivity index (χ0v) is 14.9. The van der Waals surface area contributed by atoms with Gasteiger partial charge in [-0.1, -0.05) is 0 Å². The minimum Gasteiger partial charge on any atom is -0.497 e. The van der Waals surface area contributed by atoms with E-state index in [2.05, 4.69) is 9.97 Å². The molecule has 0 spiro atoms. The van der Waals surface area contributed by atoms with E-state index in [1.165, 1.54) is 17.5 Å². The summed E-state index contributed by atoms with van der Waals surface area (Å²) in [6.45, 7) is 3.32. The highest BCUT2D eigenvalue weighted by Gasteiger charge is 2.29. The number of hydrogen-bond acceptors (Lipinski definition) is 6. The molecule has 2 aromatic rings. The molecule has 1 fully saturated rings. The Morgan fingerprint density at radius 1 is 1.12 bits per heavy atom. The fourth-order valence-electron chi connectivity index (χ4n) is 2.75. The number of nitrogens with one attached hydrogen (secondary N) is 1. The number of H-pyrrole nitrogens is 1. The van der Waals surface area contributed by atoms with Crippen LogP contribution in [0.1, 0.15) is 5.69 Å². The van der Waals surface area contributed by atoms with Gasteiger partial charge >= 0.3 is 0 Å². The SMILES string of the molecule is COc1ccc(S(=O)(=O)N2CCN(c3nc(C)cc(=O)[nH]3)CC2)cc1. The van der Waals surface area contributed by atoms with Crippen molar-refractivity contribution >= 4 is 16.0 Å². The molecule has 8 nitrogen and oxygen atoms in total. The van der Waals surface area contributed by atoms with E-state index < -0.39 is 10.0 Å². The Bertz CT molecular complexity index is 900. The Hall–Kier alpha value is -2.39. The molecule has 1 aromatic carbocycles. The fraction of sp³-hybridized carbons (Fsp3) is 0.375. The topological polar surface area (TPSA) is 95.6 Å². The number of benzene rings is 1. The lowest BCUT2D eigenvalue weighted by Crippen LogP contribution is -2.49. The molecular weight excluding hydrogens is 344 g/mol. The van der Waals surface area contributed by atoms with Gasteiger partial charge in [0.15, 0.2) is 0 Å². The Labute approximate surface area is 146 Å². The summed E-state index contributed by atoms with van der Waals surface area (Å²) < 4.78 is 32.0. The quantitative estimate of drug-likeness (QED) is 0.853. The number of aromatic nitrogens is 2. The number of hydrogen-bond donors (Lipinski definition) is 1. The number of aryl methyl sites for hydroxylation is 1. The van der Waals surface area contributed by atoms with Crippen molar-refractivity contribution < 1.29 is 13.2 Å². The van der Waals surface area contributed by atoms with Crippen LogP contribution >= 0.6 is 0 Å². The Balaban J connectivity index is 1.73. The highest BCUT2D eigenvalue weighted by Crippen LogP contribution is 2.21. The van der Waals surface area contributed by atoms with Gasteiger partial charge in [0.25, 0.3) is 5.56 Å². The number of anilines is 1. The average Bonchev–Trinajstić information content (AvgIpc) is 2.61. The minimum absolute atomic E-state index is 0.212. The first-order chi connectivity index (χ1) is 11.9. The summed E-state index contributed by atoms with van der Waals surface area (Å²) >= 11 is 0. The summed E-state index contributed by atoms with van der Waals surface area (Å²) in [4.78, 5) is 20.7. The lowest BCUT2D eigenvalue weighted by molar-refractivity contribution is 0.382. The maximum atomic E-state index is 12.7. The zero-order chi connectivity index (χ0) is 18.0. The zero-order valence-electron chi connectivity index (χ0n) is 14.1. The molecule has 0 bridgehead atoms. The van der Waals surface area contributed by atoms with Gasteiger partial charge in [0, 0.05) is 37.9 Å². The van der Waals surface area contributed by atoms with Gasteiger partial charge in [-0.15, -0.1) is 0 Å². The normalized spacial score (nSPS) is 16.0. The Morgan fingerprint density at radius 3 is 2.32 bits per heavy atom. The molecule has 0 radical (unpaired) electrons. The van der Waals surface area contributed by atoms with Crippen LogP contribution in [-0.2, 0) is 10.0 Å². The molecule has 3 rings (SSSR count). The molecule has 1 aromatic heterocycles. The highest BCUT2D eigenvalue weighted by atomic mass is 32.2. The maximum Gasteiger partial charge on any atom is 0.252 e. The minimum atomic E-state index is -3.55. The number of rotatable bonds is 4. The summed E-state index contributed by atoms with van der Waals surface area (Å²) in [6, 6.07) is 7.77. The van der Waals surface area contributed by atoms with Crippen LogP contribution in [-0.4, -0.2) is 56.0 Å². The van der Waals surface area contributed by atoms with Gasteiger partial charge in [-0.25, -0.2) is 13.4 Å². The second-order valence-electron chi connectivity index (χ2n) is 5.78. The number of ether oxygens (including phenoxy) is 1. The van der Waals surface area contributed by atoms with E-state index in [1.54, 1.807) is 31.2 Å². The molecule has 2 heterocycles. The second-order valence-corrected chi connectivity index (χ2v) is 7.71. The third-order valence-electron chi connectivity index (χ3n) is 4.09. The van der Waals surface area contributed by atoms with Crippen molar-refractivity contribution in [3.8, 4) is 5.75 Å². The largest absolute Gasteiger partial charge is 0.497 e. The Morgan fingerprint density at radius 2 is 1.76 bits per heavy atom. The van der Waals surface area contributed by atoms with Crippen molar-refractivity contribution in [1.82, 2.24) is 14.3 Å². The number of aromatic amines is 1. The molecule has 1 N–H and O–H groups in total. The number of methoxy groups -OCH3 is 1. The molecule has 1 aliphatic heterocycles. The van der Waals surface area contributed by atoms with E-state index in [0.29, 0.717) is 43.6 Å². The van der Waals surface area contributed by atoms with Gasteiger partial charge < -0.3 is 9.64 Å². The summed E-state index contributed by atoms with van der Waals surface area (Å²) in [6.07, 6.45) is 0. The number of piperazine rings is 1. The van der Waals surface area contributed by atoms with Gasteiger partial charge in [-0.2, -0.15) is 4.31 Å². The fourth-order valence-corrected chi connectivity index (χ4v) is 4.17. The lowest BCUT2D eigenvalue weighted by atomic mass is 10.3. The van der Waals surface area contributed by atoms with Crippen LogP contribution in [0, 0.1) is 6.92 Å². The third kappa shape index (κ3) is 3.67. The van der Waals surface area contributed by atoms with E-state index in [1.807, 2.05) is 4.90 Å². The maximum absolute atomic E-state index is 12.7.